The number of aromatic carboxylic acids is 1. The van der Waals surface area contributed by atoms with Gasteiger partial charge in [-0.1, -0.05) is 23.2 Å². The molecular weight excluding hydrogens is 337 g/mol. The molecule has 0 aliphatic rings. The van der Waals surface area contributed by atoms with Crippen LogP contribution in [0.2, 0.25) is 10.0 Å². The molecular formula is C14H10Cl2F2N2O2. The first-order valence-electron chi connectivity index (χ1n) is 6.05. The Bertz CT molecular complexity index is 767. The summed E-state index contributed by atoms with van der Waals surface area (Å²) in [6.07, 6.45) is -1.64. The second-order valence-electron chi connectivity index (χ2n) is 4.50. The third kappa shape index (κ3) is 2.84. The van der Waals surface area contributed by atoms with Crippen LogP contribution in [-0.2, 0) is 0 Å². The van der Waals surface area contributed by atoms with Crippen LogP contribution in [0.1, 0.15) is 29.1 Å². The van der Waals surface area contributed by atoms with Gasteiger partial charge in [0, 0.05) is 16.1 Å². The topological polar surface area (TPSA) is 76.2 Å². The van der Waals surface area contributed by atoms with Gasteiger partial charge in [-0.05, 0) is 25.1 Å². The highest BCUT2D eigenvalue weighted by atomic mass is 35.5. The number of aromatic nitrogens is 1. The molecule has 0 radical (unpaired) electrons. The molecule has 8 heteroatoms. The lowest BCUT2D eigenvalue weighted by atomic mass is 10.0. The quantitative estimate of drug-likeness (QED) is 0.857. The molecule has 2 aromatic rings. The summed E-state index contributed by atoms with van der Waals surface area (Å²) in [6, 6.07) is 3.79. The van der Waals surface area contributed by atoms with Crippen LogP contribution in [0.25, 0.3) is 11.3 Å². The third-order valence-corrected chi connectivity index (χ3v) is 3.72. The van der Waals surface area contributed by atoms with E-state index in [0.717, 1.165) is 6.92 Å². The standard InChI is InChI=1S/C14H10Cl2F2N2O2/c1-5(17)10-7(15)3-2-6(12(10)18)9-4-8(19)11(16)13(20-9)14(21)22/h2-5H,1H3,(H2,19,20)(H,21,22). The molecule has 1 aromatic carbocycles. The number of alkyl halides is 1. The largest absolute Gasteiger partial charge is 0.476 e. The summed E-state index contributed by atoms with van der Waals surface area (Å²) >= 11 is 11.5. The highest BCUT2D eigenvalue weighted by Crippen LogP contribution is 2.35. The summed E-state index contributed by atoms with van der Waals surface area (Å²) in [5.41, 5.74) is 4.51. The molecule has 0 saturated carbocycles. The molecule has 3 N–H and O–H groups in total. The maximum Gasteiger partial charge on any atom is 0.356 e. The number of nitrogens with zero attached hydrogens (tertiary/aromatic N) is 1. The van der Waals surface area contributed by atoms with Crippen molar-refractivity contribution in [3.05, 3.63) is 45.3 Å². The zero-order valence-corrected chi connectivity index (χ0v) is 12.7. The molecule has 1 aromatic heterocycles. The van der Waals surface area contributed by atoms with Crippen molar-refractivity contribution < 1.29 is 18.7 Å². The Kier molecular flexibility index (Phi) is 4.53. The van der Waals surface area contributed by atoms with Crippen molar-refractivity contribution in [2.75, 3.05) is 5.73 Å². The third-order valence-electron chi connectivity index (χ3n) is 2.99. The molecule has 0 amide bonds. The monoisotopic (exact) mass is 346 g/mol. The molecule has 1 unspecified atom stereocenters. The second kappa shape index (κ2) is 6.06. The minimum Gasteiger partial charge on any atom is -0.476 e. The van der Waals surface area contributed by atoms with Gasteiger partial charge in [0.05, 0.1) is 16.4 Å². The number of carboxylic acids is 1. The van der Waals surface area contributed by atoms with Crippen LogP contribution in [0.3, 0.4) is 0 Å². The molecule has 2 rings (SSSR count). The molecule has 0 aliphatic carbocycles. The Morgan fingerprint density at radius 1 is 1.41 bits per heavy atom. The lowest BCUT2D eigenvalue weighted by Gasteiger charge is -2.12. The normalized spacial score (nSPS) is 12.2. The minimum absolute atomic E-state index is 0.0726. The van der Waals surface area contributed by atoms with Crippen molar-refractivity contribution in [2.45, 2.75) is 13.1 Å². The van der Waals surface area contributed by atoms with Gasteiger partial charge in [0.25, 0.3) is 0 Å². The van der Waals surface area contributed by atoms with Crippen molar-refractivity contribution in [1.82, 2.24) is 4.98 Å². The number of benzene rings is 1. The van der Waals surface area contributed by atoms with Crippen molar-refractivity contribution >= 4 is 34.9 Å². The number of carboxylic acid groups (broad SMARTS) is 1. The number of nitrogens with two attached hydrogens (primary N) is 1. The van der Waals surface area contributed by atoms with Crippen LogP contribution >= 0.6 is 23.2 Å². The van der Waals surface area contributed by atoms with Gasteiger partial charge in [0.1, 0.15) is 12.0 Å². The predicted molar refractivity (Wildman–Crippen MR) is 80.5 cm³/mol. The van der Waals surface area contributed by atoms with Crippen LogP contribution < -0.4 is 5.73 Å². The Balaban J connectivity index is 2.73. The van der Waals surface area contributed by atoms with Crippen molar-refractivity contribution in [2.24, 2.45) is 0 Å². The highest BCUT2D eigenvalue weighted by Gasteiger charge is 2.22. The number of halogens is 4. The Morgan fingerprint density at radius 3 is 2.59 bits per heavy atom. The summed E-state index contributed by atoms with van der Waals surface area (Å²) in [6.45, 7) is 1.14. The molecule has 0 aliphatic heterocycles. The van der Waals surface area contributed by atoms with Gasteiger partial charge in [-0.2, -0.15) is 0 Å². The Labute approximate surface area is 134 Å². The van der Waals surface area contributed by atoms with E-state index in [1.165, 1.54) is 18.2 Å². The molecule has 1 atom stereocenters. The number of anilines is 1. The van der Waals surface area contributed by atoms with Crippen molar-refractivity contribution in [1.29, 1.82) is 0 Å². The van der Waals surface area contributed by atoms with E-state index in [1.54, 1.807) is 0 Å². The predicted octanol–water partition coefficient (Wildman–Crippen LogP) is 4.51. The van der Waals surface area contributed by atoms with Gasteiger partial charge in [-0.15, -0.1) is 0 Å². The van der Waals surface area contributed by atoms with Crippen LogP contribution in [0.15, 0.2) is 18.2 Å². The zero-order valence-electron chi connectivity index (χ0n) is 11.2. The van der Waals surface area contributed by atoms with E-state index in [-0.39, 0.29) is 32.6 Å². The number of hydrogen-bond donors (Lipinski definition) is 2. The van der Waals surface area contributed by atoms with E-state index >= 15 is 0 Å². The molecule has 0 bridgehead atoms. The molecule has 22 heavy (non-hydrogen) atoms. The zero-order chi connectivity index (χ0) is 16.6. The van der Waals surface area contributed by atoms with Gasteiger partial charge in [-0.25, -0.2) is 18.6 Å². The summed E-state index contributed by atoms with van der Waals surface area (Å²) in [7, 11) is 0. The van der Waals surface area contributed by atoms with Gasteiger partial charge < -0.3 is 10.8 Å². The number of nitrogen functional groups attached to an aromatic ring is 1. The van der Waals surface area contributed by atoms with E-state index < -0.39 is 23.7 Å². The second-order valence-corrected chi connectivity index (χ2v) is 5.29. The fourth-order valence-electron chi connectivity index (χ4n) is 1.96. The summed E-state index contributed by atoms with van der Waals surface area (Å²) in [5.74, 6) is -2.33. The highest BCUT2D eigenvalue weighted by molar-refractivity contribution is 6.35. The van der Waals surface area contributed by atoms with Crippen LogP contribution in [0.4, 0.5) is 14.5 Å². The number of carbonyl (C=O) groups is 1. The maximum absolute atomic E-state index is 14.4. The fraction of sp³-hybridized carbons (Fsp3) is 0.143. The average Bonchev–Trinajstić information content (AvgIpc) is 2.41. The van der Waals surface area contributed by atoms with E-state index in [1.807, 2.05) is 0 Å². The van der Waals surface area contributed by atoms with Gasteiger partial charge in [0.2, 0.25) is 0 Å². The lowest BCUT2D eigenvalue weighted by molar-refractivity contribution is 0.0691. The van der Waals surface area contributed by atoms with E-state index in [0.29, 0.717) is 0 Å². The summed E-state index contributed by atoms with van der Waals surface area (Å²) in [5, 5.41) is 8.72. The Hall–Kier alpha value is -1.92. The number of pyridine rings is 1. The smallest absolute Gasteiger partial charge is 0.356 e. The van der Waals surface area contributed by atoms with E-state index in [9.17, 15) is 13.6 Å². The molecule has 116 valence electrons. The van der Waals surface area contributed by atoms with Gasteiger partial charge in [-0.3, -0.25) is 0 Å². The first kappa shape index (κ1) is 16.5. The van der Waals surface area contributed by atoms with E-state index in [2.05, 4.69) is 4.98 Å². The summed E-state index contributed by atoms with van der Waals surface area (Å²) in [4.78, 5) is 14.9. The Morgan fingerprint density at radius 2 is 2.05 bits per heavy atom. The minimum atomic E-state index is -1.64. The van der Waals surface area contributed by atoms with Gasteiger partial charge in [0.15, 0.2) is 5.69 Å². The van der Waals surface area contributed by atoms with Gasteiger partial charge >= 0.3 is 5.97 Å². The maximum atomic E-state index is 14.4. The summed E-state index contributed by atoms with van der Waals surface area (Å²) < 4.78 is 28.0. The first-order valence-corrected chi connectivity index (χ1v) is 6.81. The van der Waals surface area contributed by atoms with Crippen LogP contribution in [0.5, 0.6) is 0 Å². The first-order chi connectivity index (χ1) is 10.2. The van der Waals surface area contributed by atoms with Crippen molar-refractivity contribution in [3.8, 4) is 11.3 Å². The van der Waals surface area contributed by atoms with Crippen LogP contribution in [0, 0.1) is 5.82 Å². The molecule has 0 fully saturated rings. The fourth-order valence-corrected chi connectivity index (χ4v) is 2.43. The SMILES string of the molecule is CC(F)c1c(Cl)ccc(-c2cc(N)c(Cl)c(C(=O)O)n2)c1F. The van der Waals surface area contributed by atoms with Crippen molar-refractivity contribution in [3.63, 3.8) is 0 Å². The molecule has 0 saturated heterocycles. The molecule has 1 heterocycles. The average molecular weight is 347 g/mol. The number of rotatable bonds is 3. The number of hydrogen-bond acceptors (Lipinski definition) is 3. The molecule has 4 nitrogen and oxygen atoms in total. The lowest BCUT2D eigenvalue weighted by Crippen LogP contribution is -2.06. The van der Waals surface area contributed by atoms with Crippen LogP contribution in [-0.4, -0.2) is 16.1 Å². The van der Waals surface area contributed by atoms with E-state index in [4.69, 9.17) is 34.0 Å². The molecule has 0 spiro atoms.